The second-order valence-electron chi connectivity index (χ2n) is 5.00. The lowest BCUT2D eigenvalue weighted by atomic mass is 9.98. The summed E-state index contributed by atoms with van der Waals surface area (Å²) in [6, 6.07) is 3.31. The van der Waals surface area contributed by atoms with Crippen LogP contribution in [0.1, 0.15) is 18.7 Å². The van der Waals surface area contributed by atoms with Crippen molar-refractivity contribution in [1.29, 1.82) is 0 Å². The number of pyridine rings is 1. The van der Waals surface area contributed by atoms with Gasteiger partial charge in [0.05, 0.1) is 11.5 Å². The summed E-state index contributed by atoms with van der Waals surface area (Å²) in [5, 5.41) is 17.7. The van der Waals surface area contributed by atoms with Crippen molar-refractivity contribution in [3.8, 4) is 5.75 Å². The normalized spacial score (nSPS) is 19.8. The second-order valence-corrected chi connectivity index (χ2v) is 7.31. The maximum absolute atomic E-state index is 11.4. The van der Waals surface area contributed by atoms with E-state index >= 15 is 0 Å². The van der Waals surface area contributed by atoms with E-state index in [1.807, 2.05) is 6.20 Å². The molecule has 1 N–H and O–H groups in total. The van der Waals surface area contributed by atoms with Gasteiger partial charge in [-0.25, -0.2) is 8.42 Å². The van der Waals surface area contributed by atoms with Crippen molar-refractivity contribution in [1.82, 2.24) is 14.6 Å². The van der Waals surface area contributed by atoms with Crippen LogP contribution in [0.25, 0.3) is 5.65 Å². The van der Waals surface area contributed by atoms with Gasteiger partial charge in [-0.1, -0.05) is 0 Å². The molecule has 0 atom stereocenters. The van der Waals surface area contributed by atoms with Crippen molar-refractivity contribution in [2.45, 2.75) is 19.3 Å². The van der Waals surface area contributed by atoms with Crippen molar-refractivity contribution >= 4 is 15.5 Å². The number of sulfone groups is 1. The van der Waals surface area contributed by atoms with Gasteiger partial charge in [-0.3, -0.25) is 4.40 Å². The fourth-order valence-electron chi connectivity index (χ4n) is 2.49. The molecular weight excluding hydrogens is 266 g/mol. The van der Waals surface area contributed by atoms with Crippen molar-refractivity contribution in [3.05, 3.63) is 24.2 Å². The zero-order valence-electron chi connectivity index (χ0n) is 10.4. The summed E-state index contributed by atoms with van der Waals surface area (Å²) in [7, 11) is -2.83. The molecule has 1 aliphatic heterocycles. The molecule has 2 aromatic rings. The smallest absolute Gasteiger partial charge is 0.203 e. The van der Waals surface area contributed by atoms with Gasteiger partial charge < -0.3 is 5.11 Å². The third-order valence-electron chi connectivity index (χ3n) is 3.63. The van der Waals surface area contributed by atoms with Gasteiger partial charge in [0.2, 0.25) is 5.65 Å². The molecule has 0 amide bonds. The molecule has 0 unspecified atom stereocenters. The fraction of sp³-hybridized carbons (Fsp3) is 0.500. The summed E-state index contributed by atoms with van der Waals surface area (Å²) in [5.74, 6) is 1.72. The van der Waals surface area contributed by atoms with E-state index in [1.165, 1.54) is 0 Å². The first-order valence-electron chi connectivity index (χ1n) is 6.27. The Labute approximate surface area is 111 Å². The van der Waals surface area contributed by atoms with Crippen LogP contribution in [0.15, 0.2) is 18.3 Å². The quantitative estimate of drug-likeness (QED) is 0.880. The van der Waals surface area contributed by atoms with Gasteiger partial charge in [-0.2, -0.15) is 0 Å². The van der Waals surface area contributed by atoms with Crippen molar-refractivity contribution in [3.63, 3.8) is 0 Å². The molecule has 6 nitrogen and oxygen atoms in total. The Kier molecular flexibility index (Phi) is 2.93. The van der Waals surface area contributed by atoms with Crippen LogP contribution in [0.4, 0.5) is 0 Å². The monoisotopic (exact) mass is 281 g/mol. The highest BCUT2D eigenvalue weighted by molar-refractivity contribution is 7.91. The minimum absolute atomic E-state index is 0.104. The summed E-state index contributed by atoms with van der Waals surface area (Å²) in [5.41, 5.74) is 0.445. The molecule has 3 heterocycles. The third kappa shape index (κ3) is 2.42. The molecule has 102 valence electrons. The molecule has 1 aliphatic rings. The number of hydrogen-bond acceptors (Lipinski definition) is 5. The maximum Gasteiger partial charge on any atom is 0.203 e. The summed E-state index contributed by atoms with van der Waals surface area (Å²) < 4.78 is 24.5. The molecular formula is C12H15N3O3S. The average Bonchev–Trinajstić information content (AvgIpc) is 2.77. The van der Waals surface area contributed by atoms with Crippen LogP contribution >= 0.6 is 0 Å². The molecule has 1 saturated heterocycles. The summed E-state index contributed by atoms with van der Waals surface area (Å²) in [6.07, 6.45) is 3.86. The van der Waals surface area contributed by atoms with Crippen LogP contribution in [0.3, 0.4) is 0 Å². The molecule has 19 heavy (non-hydrogen) atoms. The number of aromatic hydroxyl groups is 1. The van der Waals surface area contributed by atoms with E-state index in [9.17, 15) is 13.5 Å². The van der Waals surface area contributed by atoms with Gasteiger partial charge in [0.25, 0.3) is 0 Å². The lowest BCUT2D eigenvalue weighted by Crippen LogP contribution is -2.25. The van der Waals surface area contributed by atoms with E-state index in [2.05, 4.69) is 10.2 Å². The highest BCUT2D eigenvalue weighted by Crippen LogP contribution is 2.24. The van der Waals surface area contributed by atoms with E-state index in [4.69, 9.17) is 0 Å². The van der Waals surface area contributed by atoms with Gasteiger partial charge in [-0.05, 0) is 30.9 Å². The van der Waals surface area contributed by atoms with Crippen molar-refractivity contribution < 1.29 is 13.5 Å². The van der Waals surface area contributed by atoms with Crippen molar-refractivity contribution in [2.24, 2.45) is 5.92 Å². The number of rotatable bonds is 2. The lowest BCUT2D eigenvalue weighted by Gasteiger charge is -2.20. The molecule has 7 heteroatoms. The van der Waals surface area contributed by atoms with Crippen LogP contribution in [-0.4, -0.2) is 39.6 Å². The number of fused-ring (bicyclic) bond motifs is 1. The van der Waals surface area contributed by atoms with E-state index in [0.717, 1.165) is 5.82 Å². The van der Waals surface area contributed by atoms with Gasteiger partial charge in [0, 0.05) is 12.6 Å². The first kappa shape index (κ1) is 12.4. The molecule has 0 bridgehead atoms. The summed E-state index contributed by atoms with van der Waals surface area (Å²) in [6.45, 7) is 0. The summed E-state index contributed by atoms with van der Waals surface area (Å²) >= 11 is 0. The largest absolute Gasteiger partial charge is 0.504 e. The van der Waals surface area contributed by atoms with E-state index in [0.29, 0.717) is 30.8 Å². The first-order chi connectivity index (χ1) is 9.05. The molecule has 0 saturated carbocycles. The van der Waals surface area contributed by atoms with E-state index in [1.54, 1.807) is 16.5 Å². The Hall–Kier alpha value is -1.63. The van der Waals surface area contributed by atoms with Crippen LogP contribution < -0.4 is 0 Å². The van der Waals surface area contributed by atoms with Crippen LogP contribution in [0.5, 0.6) is 5.75 Å². The number of nitrogens with zero attached hydrogens (tertiary/aromatic N) is 3. The van der Waals surface area contributed by atoms with Gasteiger partial charge in [0.1, 0.15) is 15.7 Å². The Morgan fingerprint density at radius 3 is 2.79 bits per heavy atom. The molecule has 0 aliphatic carbocycles. The topological polar surface area (TPSA) is 84.6 Å². The minimum atomic E-state index is -2.83. The van der Waals surface area contributed by atoms with Gasteiger partial charge in [-0.15, -0.1) is 10.2 Å². The van der Waals surface area contributed by atoms with Gasteiger partial charge >= 0.3 is 0 Å². The standard InChI is InChI=1S/C12H15N3O3S/c16-10-2-1-5-15-11(13-14-12(10)15)8-9-3-6-19(17,18)7-4-9/h1-2,5,9,16H,3-4,6-8H2. The van der Waals surface area contributed by atoms with E-state index in [-0.39, 0.29) is 17.3 Å². The summed E-state index contributed by atoms with van der Waals surface area (Å²) in [4.78, 5) is 0. The third-order valence-corrected chi connectivity index (χ3v) is 5.35. The molecule has 0 radical (unpaired) electrons. The highest BCUT2D eigenvalue weighted by Gasteiger charge is 2.25. The maximum atomic E-state index is 11.4. The highest BCUT2D eigenvalue weighted by atomic mass is 32.2. The Morgan fingerprint density at radius 2 is 2.05 bits per heavy atom. The van der Waals surface area contributed by atoms with Crippen LogP contribution in [0, 0.1) is 5.92 Å². The minimum Gasteiger partial charge on any atom is -0.504 e. The first-order valence-corrected chi connectivity index (χ1v) is 8.09. The van der Waals surface area contributed by atoms with Crippen LogP contribution in [-0.2, 0) is 16.3 Å². The second kappa shape index (κ2) is 4.48. The molecule has 0 aromatic carbocycles. The SMILES string of the molecule is O=S1(=O)CCC(Cc2nnc3c(O)cccn23)CC1. The molecule has 1 fully saturated rings. The Bertz CT molecular complexity index is 694. The molecule has 2 aromatic heterocycles. The molecule has 3 rings (SSSR count). The Balaban J connectivity index is 1.81. The van der Waals surface area contributed by atoms with Gasteiger partial charge in [0.15, 0.2) is 5.75 Å². The molecule has 0 spiro atoms. The van der Waals surface area contributed by atoms with Crippen LogP contribution in [0.2, 0.25) is 0 Å². The van der Waals surface area contributed by atoms with E-state index < -0.39 is 9.84 Å². The van der Waals surface area contributed by atoms with Crippen molar-refractivity contribution in [2.75, 3.05) is 11.5 Å². The number of aromatic nitrogens is 3. The predicted octanol–water partition coefficient (Wildman–Crippen LogP) is 0.802. The average molecular weight is 281 g/mol. The zero-order valence-corrected chi connectivity index (χ0v) is 11.2. The lowest BCUT2D eigenvalue weighted by molar-refractivity contribution is 0.452. The Morgan fingerprint density at radius 1 is 1.32 bits per heavy atom. The fourth-order valence-corrected chi connectivity index (χ4v) is 4.08. The predicted molar refractivity (Wildman–Crippen MR) is 69.7 cm³/mol. The number of hydrogen-bond donors (Lipinski definition) is 1. The zero-order chi connectivity index (χ0) is 13.5.